The Morgan fingerprint density at radius 3 is 2.29 bits per heavy atom. The van der Waals surface area contributed by atoms with Gasteiger partial charge in [0.2, 0.25) is 0 Å². The van der Waals surface area contributed by atoms with Crippen LogP contribution in [0.1, 0.15) is 12.8 Å². The van der Waals surface area contributed by atoms with Crippen LogP contribution in [0.3, 0.4) is 0 Å². The molecule has 0 atom stereocenters. The maximum atomic E-state index is 13.0. The highest BCUT2D eigenvalue weighted by molar-refractivity contribution is 7.92. The first-order valence-electron chi connectivity index (χ1n) is 8.06. The van der Waals surface area contributed by atoms with Crippen LogP contribution in [0, 0.1) is 5.82 Å². The molecule has 0 spiro atoms. The number of hydrogen-bond donors (Lipinski definition) is 1. The van der Waals surface area contributed by atoms with Gasteiger partial charge in [0.25, 0.3) is 0 Å². The van der Waals surface area contributed by atoms with E-state index in [0.29, 0.717) is 31.9 Å². The van der Waals surface area contributed by atoms with Crippen LogP contribution in [0.4, 0.5) is 10.1 Å². The predicted octanol–water partition coefficient (Wildman–Crippen LogP) is 0.840. The third-order valence-electron chi connectivity index (χ3n) is 4.92. The summed E-state index contributed by atoms with van der Waals surface area (Å²) in [5.41, 5.74) is 7.03. The molecule has 0 bridgehead atoms. The molecule has 1 heterocycles. The minimum absolute atomic E-state index is 0.242. The number of piperazine rings is 1. The van der Waals surface area contributed by atoms with Gasteiger partial charge in [0.05, 0.1) is 11.3 Å². The van der Waals surface area contributed by atoms with Crippen LogP contribution >= 0.6 is 0 Å². The summed E-state index contributed by atoms with van der Waals surface area (Å²) in [5.74, 6) is 0.164. The monoisotopic (exact) mass is 354 g/mol. The zero-order valence-corrected chi connectivity index (χ0v) is 14.6. The van der Waals surface area contributed by atoms with Crippen molar-refractivity contribution in [3.63, 3.8) is 0 Å². The van der Waals surface area contributed by atoms with Crippen molar-refractivity contribution in [1.82, 2.24) is 4.90 Å². The zero-order valence-electron chi connectivity index (χ0n) is 13.8. The summed E-state index contributed by atoms with van der Waals surface area (Å²) in [6.07, 6.45) is 2.61. The first-order chi connectivity index (χ1) is 11.3. The number of aliphatic imine (C=N–C) groups is 1. The van der Waals surface area contributed by atoms with Crippen LogP contribution in [0.5, 0.6) is 0 Å². The maximum Gasteiger partial charge on any atom is 0.191 e. The van der Waals surface area contributed by atoms with E-state index in [4.69, 9.17) is 5.73 Å². The second-order valence-electron chi connectivity index (χ2n) is 6.58. The van der Waals surface area contributed by atoms with Crippen molar-refractivity contribution >= 4 is 21.5 Å². The standard InChI is InChI=1S/C16H23FN4O2S/c1-24(22,23)16(6-7-16)12-19-15(18)21-10-8-20(9-11-21)14-4-2-13(17)3-5-14/h2-5H,6-12H2,1H3,(H2,18,19). The molecule has 1 saturated heterocycles. The van der Waals surface area contributed by atoms with E-state index in [0.717, 1.165) is 18.8 Å². The van der Waals surface area contributed by atoms with Gasteiger partial charge in [-0.15, -0.1) is 0 Å². The highest BCUT2D eigenvalue weighted by Gasteiger charge is 2.52. The van der Waals surface area contributed by atoms with Crippen LogP contribution in [-0.4, -0.2) is 63.0 Å². The van der Waals surface area contributed by atoms with Crippen LogP contribution in [0.25, 0.3) is 0 Å². The lowest BCUT2D eigenvalue weighted by Crippen LogP contribution is -2.51. The average Bonchev–Trinajstić information content (AvgIpc) is 3.35. The Balaban J connectivity index is 1.56. The fourth-order valence-electron chi connectivity index (χ4n) is 2.96. The van der Waals surface area contributed by atoms with Gasteiger partial charge >= 0.3 is 0 Å². The van der Waals surface area contributed by atoms with Crippen molar-refractivity contribution in [1.29, 1.82) is 0 Å². The Morgan fingerprint density at radius 2 is 1.79 bits per heavy atom. The molecule has 1 saturated carbocycles. The smallest absolute Gasteiger partial charge is 0.191 e. The highest BCUT2D eigenvalue weighted by atomic mass is 32.2. The van der Waals surface area contributed by atoms with Crippen LogP contribution in [-0.2, 0) is 9.84 Å². The summed E-state index contributed by atoms with van der Waals surface area (Å²) in [7, 11) is -3.09. The van der Waals surface area contributed by atoms with Crippen molar-refractivity contribution in [2.45, 2.75) is 17.6 Å². The third kappa shape index (κ3) is 3.48. The molecule has 24 heavy (non-hydrogen) atoms. The van der Waals surface area contributed by atoms with E-state index in [1.807, 2.05) is 4.90 Å². The Morgan fingerprint density at radius 1 is 1.21 bits per heavy atom. The van der Waals surface area contributed by atoms with Gasteiger partial charge in [-0.05, 0) is 37.1 Å². The number of anilines is 1. The topological polar surface area (TPSA) is 79.0 Å². The summed E-state index contributed by atoms with van der Waals surface area (Å²) in [5, 5.41) is 0. The first-order valence-corrected chi connectivity index (χ1v) is 9.95. The molecular formula is C16H23FN4O2S. The Hall–Kier alpha value is -1.83. The molecular weight excluding hydrogens is 331 g/mol. The van der Waals surface area contributed by atoms with Gasteiger partial charge in [-0.1, -0.05) is 0 Å². The van der Waals surface area contributed by atoms with Crippen LogP contribution < -0.4 is 10.6 Å². The summed E-state index contributed by atoms with van der Waals surface area (Å²) in [6, 6.07) is 6.45. The van der Waals surface area contributed by atoms with E-state index in [1.54, 1.807) is 12.1 Å². The first kappa shape index (κ1) is 17.0. The molecule has 0 radical (unpaired) electrons. The highest BCUT2D eigenvalue weighted by Crippen LogP contribution is 2.43. The second kappa shape index (κ2) is 6.23. The molecule has 2 N–H and O–H groups in total. The van der Waals surface area contributed by atoms with Crippen molar-refractivity contribution < 1.29 is 12.8 Å². The molecule has 0 amide bonds. The quantitative estimate of drug-likeness (QED) is 0.640. The summed E-state index contributed by atoms with van der Waals surface area (Å²) in [6.45, 7) is 3.19. The van der Waals surface area contributed by atoms with Gasteiger partial charge < -0.3 is 15.5 Å². The number of nitrogens with two attached hydrogens (primary N) is 1. The molecule has 0 aromatic heterocycles. The minimum Gasteiger partial charge on any atom is -0.370 e. The van der Waals surface area contributed by atoms with Crippen molar-refractivity contribution in [3.8, 4) is 0 Å². The molecule has 8 heteroatoms. The van der Waals surface area contributed by atoms with Gasteiger partial charge in [0.1, 0.15) is 5.82 Å². The van der Waals surface area contributed by atoms with Gasteiger partial charge in [-0.25, -0.2) is 12.8 Å². The van der Waals surface area contributed by atoms with Gasteiger partial charge in [-0.2, -0.15) is 0 Å². The number of halogens is 1. The van der Waals surface area contributed by atoms with E-state index >= 15 is 0 Å². The Labute approximate surface area is 142 Å². The van der Waals surface area contributed by atoms with Crippen LogP contribution in [0.15, 0.2) is 29.3 Å². The number of benzene rings is 1. The fraction of sp³-hybridized carbons (Fsp3) is 0.562. The Bertz CT molecular complexity index is 721. The summed E-state index contributed by atoms with van der Waals surface area (Å²) < 4.78 is 35.8. The summed E-state index contributed by atoms with van der Waals surface area (Å²) in [4.78, 5) is 8.47. The number of guanidine groups is 1. The number of rotatable bonds is 4. The number of sulfone groups is 1. The van der Waals surface area contributed by atoms with E-state index in [9.17, 15) is 12.8 Å². The predicted molar refractivity (Wildman–Crippen MR) is 93.5 cm³/mol. The molecule has 2 aliphatic rings. The molecule has 1 aliphatic heterocycles. The molecule has 3 rings (SSSR count). The largest absolute Gasteiger partial charge is 0.370 e. The van der Waals surface area contributed by atoms with Crippen molar-refractivity contribution in [2.24, 2.45) is 10.7 Å². The molecule has 1 aromatic rings. The minimum atomic E-state index is -3.09. The molecule has 1 aliphatic carbocycles. The van der Waals surface area contributed by atoms with E-state index in [2.05, 4.69) is 9.89 Å². The van der Waals surface area contributed by atoms with E-state index < -0.39 is 14.6 Å². The maximum absolute atomic E-state index is 13.0. The normalized spacial score (nSPS) is 21.0. The molecule has 0 unspecified atom stereocenters. The average molecular weight is 354 g/mol. The molecule has 2 fully saturated rings. The van der Waals surface area contributed by atoms with Gasteiger partial charge in [0.15, 0.2) is 15.8 Å². The van der Waals surface area contributed by atoms with Crippen LogP contribution in [0.2, 0.25) is 0 Å². The molecule has 6 nitrogen and oxygen atoms in total. The molecule has 132 valence electrons. The van der Waals surface area contributed by atoms with Gasteiger partial charge in [0, 0.05) is 38.1 Å². The van der Waals surface area contributed by atoms with Crippen molar-refractivity contribution in [2.75, 3.05) is 43.9 Å². The molecule has 1 aromatic carbocycles. The number of hydrogen-bond acceptors (Lipinski definition) is 4. The third-order valence-corrected chi connectivity index (χ3v) is 7.03. The second-order valence-corrected chi connectivity index (χ2v) is 8.99. The Kier molecular flexibility index (Phi) is 4.42. The van der Waals surface area contributed by atoms with E-state index in [1.165, 1.54) is 18.4 Å². The van der Waals surface area contributed by atoms with E-state index in [-0.39, 0.29) is 12.4 Å². The lowest BCUT2D eigenvalue weighted by Gasteiger charge is -2.36. The SMILES string of the molecule is CS(=O)(=O)C1(CN=C(N)N2CCN(c3ccc(F)cc3)CC2)CC1. The lowest BCUT2D eigenvalue weighted by molar-refractivity contribution is 0.380. The summed E-state index contributed by atoms with van der Waals surface area (Å²) >= 11 is 0. The fourth-order valence-corrected chi connectivity index (χ4v) is 4.10. The number of nitrogens with zero attached hydrogens (tertiary/aromatic N) is 3. The van der Waals surface area contributed by atoms with Gasteiger partial charge in [-0.3, -0.25) is 4.99 Å². The van der Waals surface area contributed by atoms with Crippen molar-refractivity contribution in [3.05, 3.63) is 30.1 Å². The lowest BCUT2D eigenvalue weighted by atomic mass is 10.2. The zero-order chi connectivity index (χ0) is 17.4.